The Kier molecular flexibility index (Phi) is 2.27. The summed E-state index contributed by atoms with van der Waals surface area (Å²) in [7, 11) is 1.63. The maximum atomic E-state index is 12.6. The lowest BCUT2D eigenvalue weighted by Crippen LogP contribution is -2.69. The van der Waals surface area contributed by atoms with E-state index < -0.39 is 17.1 Å². The highest BCUT2D eigenvalue weighted by Crippen LogP contribution is 2.66. The number of rotatable bonds is 1. The molecule has 2 saturated carbocycles. The van der Waals surface area contributed by atoms with Gasteiger partial charge in [0.25, 0.3) is 0 Å². The Hall–Kier alpha value is -1.55. The van der Waals surface area contributed by atoms with Crippen LogP contribution in [0.2, 0.25) is 0 Å². The van der Waals surface area contributed by atoms with Crippen molar-refractivity contribution in [2.24, 2.45) is 5.92 Å². The van der Waals surface area contributed by atoms with Crippen molar-refractivity contribution >= 4 is 5.78 Å². The minimum Gasteiger partial charge on any atom is -0.493 e. The minimum absolute atomic E-state index is 0.136. The number of aliphatic hydroxyl groups is 1. The van der Waals surface area contributed by atoms with E-state index >= 15 is 0 Å². The third kappa shape index (κ3) is 1.16. The lowest BCUT2D eigenvalue weighted by molar-refractivity contribution is -0.177. The third-order valence-corrected chi connectivity index (χ3v) is 6.64. The third-order valence-electron chi connectivity index (χ3n) is 6.64. The fourth-order valence-electron chi connectivity index (χ4n) is 5.79. The van der Waals surface area contributed by atoms with Crippen molar-refractivity contribution in [3.63, 3.8) is 0 Å². The molecule has 3 aliphatic carbocycles. The molecule has 1 aromatic carbocycles. The number of ether oxygens (including phenoxy) is 2. The van der Waals surface area contributed by atoms with E-state index in [0.29, 0.717) is 24.3 Å². The molecule has 2 fully saturated rings. The Bertz CT molecular complexity index is 697. The van der Waals surface area contributed by atoms with Crippen LogP contribution in [0.4, 0.5) is 0 Å². The second kappa shape index (κ2) is 3.85. The van der Waals surface area contributed by atoms with Gasteiger partial charge in [0, 0.05) is 12.0 Å². The zero-order valence-electron chi connectivity index (χ0n) is 12.7. The summed E-state index contributed by atoms with van der Waals surface area (Å²) in [5.74, 6) is 1.77. The van der Waals surface area contributed by atoms with Gasteiger partial charge in [0.2, 0.25) is 0 Å². The molecule has 5 rings (SSSR count). The Balaban J connectivity index is 1.87. The second-order valence-corrected chi connectivity index (χ2v) is 7.28. The summed E-state index contributed by atoms with van der Waals surface area (Å²) in [5.41, 5.74) is 0.975. The van der Waals surface area contributed by atoms with Crippen LogP contribution in [-0.4, -0.2) is 29.7 Å². The molecule has 4 heteroatoms. The van der Waals surface area contributed by atoms with Crippen molar-refractivity contribution < 1.29 is 19.4 Å². The van der Waals surface area contributed by atoms with Gasteiger partial charge < -0.3 is 14.6 Å². The molecule has 0 radical (unpaired) electrons. The van der Waals surface area contributed by atoms with Gasteiger partial charge in [0.05, 0.1) is 18.1 Å². The largest absolute Gasteiger partial charge is 0.493 e. The van der Waals surface area contributed by atoms with Gasteiger partial charge in [0.15, 0.2) is 23.4 Å². The number of Topliss-reactive ketones (excluding diaryl/α,β-unsaturated/α-hetero) is 1. The Labute approximate surface area is 129 Å². The van der Waals surface area contributed by atoms with Gasteiger partial charge in [-0.05, 0) is 43.2 Å². The molecule has 4 nitrogen and oxygen atoms in total. The molecule has 1 aromatic rings. The summed E-state index contributed by atoms with van der Waals surface area (Å²) < 4.78 is 11.6. The van der Waals surface area contributed by atoms with Crippen LogP contribution in [0.1, 0.15) is 43.2 Å². The van der Waals surface area contributed by atoms with Crippen LogP contribution in [0, 0.1) is 5.92 Å². The van der Waals surface area contributed by atoms with E-state index in [4.69, 9.17) is 9.47 Å². The Morgan fingerprint density at radius 3 is 3.05 bits per heavy atom. The Morgan fingerprint density at radius 1 is 1.36 bits per heavy atom. The first-order valence-corrected chi connectivity index (χ1v) is 8.24. The van der Waals surface area contributed by atoms with Gasteiger partial charge in [0.1, 0.15) is 0 Å². The number of benzene rings is 1. The van der Waals surface area contributed by atoms with Crippen molar-refractivity contribution in [1.82, 2.24) is 0 Å². The molecule has 0 aromatic heterocycles. The quantitative estimate of drug-likeness (QED) is 0.863. The summed E-state index contributed by atoms with van der Waals surface area (Å²) in [6.45, 7) is 0. The van der Waals surface area contributed by atoms with Gasteiger partial charge in [-0.1, -0.05) is 12.5 Å². The van der Waals surface area contributed by atoms with Gasteiger partial charge >= 0.3 is 0 Å². The summed E-state index contributed by atoms with van der Waals surface area (Å²) in [6.07, 6.45) is 4.28. The van der Waals surface area contributed by atoms with Crippen molar-refractivity contribution in [3.05, 3.63) is 23.3 Å². The monoisotopic (exact) mass is 300 g/mol. The first kappa shape index (κ1) is 12.9. The lowest BCUT2D eigenvalue weighted by atomic mass is 9.46. The van der Waals surface area contributed by atoms with Crippen LogP contribution in [0.25, 0.3) is 0 Å². The first-order valence-electron chi connectivity index (χ1n) is 8.24. The number of carbonyl (C=O) groups is 1. The van der Waals surface area contributed by atoms with Gasteiger partial charge in [-0.15, -0.1) is 0 Å². The average molecular weight is 300 g/mol. The van der Waals surface area contributed by atoms with E-state index in [-0.39, 0.29) is 11.7 Å². The number of carbonyl (C=O) groups excluding carboxylic acids is 1. The summed E-state index contributed by atoms with van der Waals surface area (Å²) in [5, 5.41) is 11.6. The van der Waals surface area contributed by atoms with Crippen LogP contribution in [0.5, 0.6) is 11.5 Å². The summed E-state index contributed by atoms with van der Waals surface area (Å²) >= 11 is 0. The number of hydrogen-bond acceptors (Lipinski definition) is 4. The van der Waals surface area contributed by atoms with E-state index in [2.05, 4.69) is 6.07 Å². The van der Waals surface area contributed by atoms with Crippen molar-refractivity contribution in [2.75, 3.05) is 7.11 Å². The highest BCUT2D eigenvalue weighted by Gasteiger charge is 2.71. The SMILES string of the molecule is COc1ccc2c3c1OC1C(=O)CC[C@@]4(O)[C@H](CCCC314)C2. The van der Waals surface area contributed by atoms with Gasteiger partial charge in [-0.25, -0.2) is 0 Å². The molecule has 1 heterocycles. The maximum Gasteiger partial charge on any atom is 0.174 e. The first-order chi connectivity index (χ1) is 10.6. The smallest absolute Gasteiger partial charge is 0.174 e. The van der Waals surface area contributed by atoms with Crippen LogP contribution >= 0.6 is 0 Å². The predicted octanol–water partition coefficient (Wildman–Crippen LogP) is 2.14. The standard InChI is InChI=1S/C18H20O4/c1-21-13-5-4-10-9-11-3-2-7-17-14(10)15(13)22-16(17)12(19)6-8-18(11,17)20/h4-5,11,16,20H,2-3,6-9H2,1H3/t11-,16?,17?,18-/m1/s1. The summed E-state index contributed by atoms with van der Waals surface area (Å²) in [4.78, 5) is 12.6. The predicted molar refractivity (Wildman–Crippen MR) is 79.3 cm³/mol. The molecule has 0 amide bonds. The molecule has 1 N–H and O–H groups in total. The zero-order valence-corrected chi connectivity index (χ0v) is 12.7. The lowest BCUT2D eigenvalue weighted by Gasteiger charge is -2.59. The zero-order chi connectivity index (χ0) is 15.1. The van der Waals surface area contributed by atoms with Gasteiger partial charge in [-0.2, -0.15) is 0 Å². The van der Waals surface area contributed by atoms with E-state index in [1.807, 2.05) is 6.07 Å². The highest BCUT2D eigenvalue weighted by molar-refractivity contribution is 5.89. The fraction of sp³-hybridized carbons (Fsp3) is 0.611. The molecule has 22 heavy (non-hydrogen) atoms. The average Bonchev–Trinajstić information content (AvgIpc) is 2.85. The number of hydrogen-bond donors (Lipinski definition) is 1. The topological polar surface area (TPSA) is 55.8 Å². The minimum atomic E-state index is -0.797. The molecule has 1 spiro atoms. The number of ketones is 1. The van der Waals surface area contributed by atoms with Crippen molar-refractivity contribution in [1.29, 1.82) is 0 Å². The molecule has 2 unspecified atom stereocenters. The molecular weight excluding hydrogens is 280 g/mol. The van der Waals surface area contributed by atoms with E-state index in [9.17, 15) is 9.90 Å². The van der Waals surface area contributed by atoms with Crippen LogP contribution in [0.3, 0.4) is 0 Å². The van der Waals surface area contributed by atoms with E-state index in [1.54, 1.807) is 7.11 Å². The van der Waals surface area contributed by atoms with Crippen LogP contribution in [-0.2, 0) is 16.6 Å². The highest BCUT2D eigenvalue weighted by atomic mass is 16.5. The molecule has 4 atom stereocenters. The van der Waals surface area contributed by atoms with Crippen molar-refractivity contribution in [3.8, 4) is 11.5 Å². The van der Waals surface area contributed by atoms with E-state index in [1.165, 1.54) is 5.56 Å². The summed E-state index contributed by atoms with van der Waals surface area (Å²) in [6, 6.07) is 4.04. The number of methoxy groups -OCH3 is 1. The fourth-order valence-corrected chi connectivity index (χ4v) is 5.79. The molecule has 2 bridgehead atoms. The van der Waals surface area contributed by atoms with Crippen molar-refractivity contribution in [2.45, 2.75) is 55.6 Å². The van der Waals surface area contributed by atoms with Crippen LogP contribution in [0.15, 0.2) is 12.1 Å². The van der Waals surface area contributed by atoms with Gasteiger partial charge in [-0.3, -0.25) is 4.79 Å². The molecule has 0 saturated heterocycles. The normalized spacial score (nSPS) is 40.9. The van der Waals surface area contributed by atoms with E-state index in [0.717, 1.165) is 31.2 Å². The molecule has 116 valence electrons. The Morgan fingerprint density at radius 2 is 2.23 bits per heavy atom. The molecular formula is C18H20O4. The second-order valence-electron chi connectivity index (χ2n) is 7.28. The van der Waals surface area contributed by atoms with Crippen LogP contribution < -0.4 is 9.47 Å². The maximum absolute atomic E-state index is 12.6. The molecule has 1 aliphatic heterocycles. The molecule has 4 aliphatic rings.